The van der Waals surface area contributed by atoms with Crippen LogP contribution in [-0.4, -0.2) is 25.5 Å². The molecule has 2 aromatic carbocycles. The SMILES string of the molecule is CCCCCCOc1ccc2c(c1)O/C(=C\c1ccc(N(CC)CC)cc1)C2=O. The first kappa shape index (κ1) is 21.0. The predicted octanol–water partition coefficient (Wildman–Crippen LogP) is 6.11. The van der Waals surface area contributed by atoms with E-state index in [1.165, 1.54) is 24.9 Å². The van der Waals surface area contributed by atoms with Gasteiger partial charge in [-0.3, -0.25) is 4.79 Å². The Balaban J connectivity index is 1.66. The first-order valence-electron chi connectivity index (χ1n) is 10.7. The molecule has 0 saturated carbocycles. The van der Waals surface area contributed by atoms with Crippen molar-refractivity contribution in [1.82, 2.24) is 0 Å². The molecule has 0 amide bonds. The molecule has 0 spiro atoms. The fourth-order valence-electron chi connectivity index (χ4n) is 3.50. The van der Waals surface area contributed by atoms with E-state index in [1.807, 2.05) is 24.3 Å². The minimum Gasteiger partial charge on any atom is -0.493 e. The van der Waals surface area contributed by atoms with Gasteiger partial charge in [-0.1, -0.05) is 38.3 Å². The summed E-state index contributed by atoms with van der Waals surface area (Å²) < 4.78 is 11.7. The van der Waals surface area contributed by atoms with Crippen molar-refractivity contribution in [3.63, 3.8) is 0 Å². The highest BCUT2D eigenvalue weighted by Crippen LogP contribution is 2.35. The van der Waals surface area contributed by atoms with Crippen LogP contribution < -0.4 is 14.4 Å². The molecule has 4 heteroatoms. The highest BCUT2D eigenvalue weighted by molar-refractivity contribution is 6.14. The molecule has 1 aliphatic heterocycles. The zero-order valence-electron chi connectivity index (χ0n) is 17.7. The number of hydrogen-bond acceptors (Lipinski definition) is 4. The summed E-state index contributed by atoms with van der Waals surface area (Å²) in [5.41, 5.74) is 2.72. The Morgan fingerprint density at radius 3 is 2.41 bits per heavy atom. The summed E-state index contributed by atoms with van der Waals surface area (Å²) >= 11 is 0. The molecule has 0 fully saturated rings. The number of carbonyl (C=O) groups excluding carboxylic acids is 1. The van der Waals surface area contributed by atoms with Crippen LogP contribution in [0.1, 0.15) is 62.4 Å². The van der Waals surface area contributed by atoms with Gasteiger partial charge in [-0.2, -0.15) is 0 Å². The second-order valence-corrected chi connectivity index (χ2v) is 7.27. The van der Waals surface area contributed by atoms with Crippen molar-refractivity contribution in [2.24, 2.45) is 0 Å². The summed E-state index contributed by atoms with van der Waals surface area (Å²) in [7, 11) is 0. The molecule has 0 aliphatic carbocycles. The van der Waals surface area contributed by atoms with E-state index in [0.29, 0.717) is 23.7 Å². The number of ketones is 1. The third-order valence-electron chi connectivity index (χ3n) is 5.23. The van der Waals surface area contributed by atoms with Gasteiger partial charge in [0.05, 0.1) is 12.2 Å². The molecule has 3 rings (SSSR count). The van der Waals surface area contributed by atoms with Crippen LogP contribution in [0.2, 0.25) is 0 Å². The van der Waals surface area contributed by atoms with E-state index in [0.717, 1.165) is 30.8 Å². The quantitative estimate of drug-likeness (QED) is 0.361. The summed E-state index contributed by atoms with van der Waals surface area (Å²) in [6, 6.07) is 13.7. The molecule has 0 atom stereocenters. The molecule has 0 N–H and O–H groups in total. The van der Waals surface area contributed by atoms with Crippen molar-refractivity contribution in [2.75, 3.05) is 24.6 Å². The van der Waals surface area contributed by atoms with Crippen molar-refractivity contribution in [3.8, 4) is 11.5 Å². The predicted molar refractivity (Wildman–Crippen MR) is 119 cm³/mol. The standard InChI is InChI=1S/C25H31NO3/c1-4-7-8-9-16-28-21-14-15-22-23(18-21)29-24(25(22)27)17-19-10-12-20(13-11-19)26(5-2)6-3/h10-15,17-18H,4-9,16H2,1-3H3/b24-17-. The summed E-state index contributed by atoms with van der Waals surface area (Å²) in [4.78, 5) is 15.0. The van der Waals surface area contributed by atoms with Gasteiger partial charge < -0.3 is 14.4 Å². The maximum atomic E-state index is 12.7. The van der Waals surface area contributed by atoms with Crippen LogP contribution in [0, 0.1) is 0 Å². The minimum atomic E-state index is -0.0812. The van der Waals surface area contributed by atoms with Gasteiger partial charge in [0.1, 0.15) is 11.5 Å². The van der Waals surface area contributed by atoms with Gasteiger partial charge in [0.2, 0.25) is 5.78 Å². The van der Waals surface area contributed by atoms with Crippen LogP contribution in [-0.2, 0) is 0 Å². The third-order valence-corrected chi connectivity index (χ3v) is 5.23. The number of rotatable bonds is 10. The van der Waals surface area contributed by atoms with Crippen LogP contribution in [0.5, 0.6) is 11.5 Å². The van der Waals surface area contributed by atoms with E-state index in [1.54, 1.807) is 12.1 Å². The van der Waals surface area contributed by atoms with Crippen LogP contribution in [0.25, 0.3) is 6.08 Å². The lowest BCUT2D eigenvalue weighted by Gasteiger charge is -2.20. The molecule has 1 aliphatic rings. The van der Waals surface area contributed by atoms with E-state index in [9.17, 15) is 4.79 Å². The lowest BCUT2D eigenvalue weighted by atomic mass is 10.1. The Kier molecular flexibility index (Phi) is 7.34. The first-order chi connectivity index (χ1) is 14.2. The van der Waals surface area contributed by atoms with E-state index in [-0.39, 0.29) is 5.78 Å². The Hall–Kier alpha value is -2.75. The average molecular weight is 394 g/mol. The molecular formula is C25H31NO3. The van der Waals surface area contributed by atoms with Crippen LogP contribution in [0.15, 0.2) is 48.2 Å². The molecule has 2 aromatic rings. The van der Waals surface area contributed by atoms with Crippen LogP contribution >= 0.6 is 0 Å². The second kappa shape index (κ2) is 10.1. The van der Waals surface area contributed by atoms with Crippen molar-refractivity contribution >= 4 is 17.5 Å². The number of nitrogens with zero attached hydrogens (tertiary/aromatic N) is 1. The largest absolute Gasteiger partial charge is 0.493 e. The van der Waals surface area contributed by atoms with E-state index < -0.39 is 0 Å². The number of hydrogen-bond donors (Lipinski definition) is 0. The fraction of sp³-hybridized carbons (Fsp3) is 0.400. The van der Waals surface area contributed by atoms with E-state index in [4.69, 9.17) is 9.47 Å². The molecule has 0 saturated heterocycles. The van der Waals surface area contributed by atoms with Gasteiger partial charge in [0.25, 0.3) is 0 Å². The fourth-order valence-corrected chi connectivity index (χ4v) is 3.50. The zero-order valence-corrected chi connectivity index (χ0v) is 17.7. The molecule has 0 aromatic heterocycles. The number of unbranched alkanes of at least 4 members (excludes halogenated alkanes) is 3. The van der Waals surface area contributed by atoms with Crippen molar-refractivity contribution in [2.45, 2.75) is 46.5 Å². The molecular weight excluding hydrogens is 362 g/mol. The maximum Gasteiger partial charge on any atom is 0.231 e. The zero-order chi connectivity index (χ0) is 20.6. The highest BCUT2D eigenvalue weighted by atomic mass is 16.5. The van der Waals surface area contributed by atoms with Crippen molar-refractivity contribution in [1.29, 1.82) is 0 Å². The number of Topliss-reactive ketones (excluding diaryl/α,β-unsaturated/α-hetero) is 1. The Morgan fingerprint density at radius 1 is 0.966 bits per heavy atom. The number of allylic oxidation sites excluding steroid dienone is 1. The van der Waals surface area contributed by atoms with E-state index in [2.05, 4.69) is 37.8 Å². The molecule has 29 heavy (non-hydrogen) atoms. The number of ether oxygens (including phenoxy) is 2. The van der Waals surface area contributed by atoms with Crippen LogP contribution in [0.3, 0.4) is 0 Å². The highest BCUT2D eigenvalue weighted by Gasteiger charge is 2.27. The van der Waals surface area contributed by atoms with Crippen molar-refractivity contribution < 1.29 is 14.3 Å². The average Bonchev–Trinajstić information content (AvgIpc) is 3.05. The summed E-state index contributed by atoms with van der Waals surface area (Å²) in [5, 5.41) is 0. The van der Waals surface area contributed by atoms with Gasteiger partial charge in [-0.05, 0) is 56.2 Å². The van der Waals surface area contributed by atoms with Crippen molar-refractivity contribution in [3.05, 3.63) is 59.4 Å². The topological polar surface area (TPSA) is 38.8 Å². The van der Waals surface area contributed by atoms with Gasteiger partial charge in [0, 0.05) is 24.8 Å². The summed E-state index contributed by atoms with van der Waals surface area (Å²) in [6.45, 7) is 9.11. The molecule has 1 heterocycles. The minimum absolute atomic E-state index is 0.0812. The van der Waals surface area contributed by atoms with Crippen LogP contribution in [0.4, 0.5) is 5.69 Å². The second-order valence-electron chi connectivity index (χ2n) is 7.27. The Morgan fingerprint density at radius 2 is 1.72 bits per heavy atom. The molecule has 0 radical (unpaired) electrons. The first-order valence-corrected chi connectivity index (χ1v) is 10.7. The monoisotopic (exact) mass is 393 g/mol. The molecule has 0 unspecified atom stereocenters. The maximum absolute atomic E-state index is 12.7. The number of anilines is 1. The third kappa shape index (κ3) is 5.20. The summed E-state index contributed by atoms with van der Waals surface area (Å²) in [5.74, 6) is 1.60. The van der Waals surface area contributed by atoms with Gasteiger partial charge in [0.15, 0.2) is 5.76 Å². The smallest absolute Gasteiger partial charge is 0.231 e. The summed E-state index contributed by atoms with van der Waals surface area (Å²) in [6.07, 6.45) is 6.46. The molecule has 4 nitrogen and oxygen atoms in total. The Bertz CT molecular complexity index is 851. The van der Waals surface area contributed by atoms with E-state index >= 15 is 0 Å². The van der Waals surface area contributed by atoms with Gasteiger partial charge in [-0.25, -0.2) is 0 Å². The van der Waals surface area contributed by atoms with Gasteiger partial charge >= 0.3 is 0 Å². The van der Waals surface area contributed by atoms with Gasteiger partial charge in [-0.15, -0.1) is 0 Å². The normalized spacial score (nSPS) is 14.0. The number of fused-ring (bicyclic) bond motifs is 1. The molecule has 0 bridgehead atoms. The number of benzene rings is 2. The number of carbonyl (C=O) groups is 1. The lowest BCUT2D eigenvalue weighted by Crippen LogP contribution is -2.21. The Labute approximate surface area is 174 Å². The molecule has 154 valence electrons. The lowest BCUT2D eigenvalue weighted by molar-refractivity contribution is 0.101.